The minimum Gasteiger partial charge on any atom is -0.355 e. The summed E-state index contributed by atoms with van der Waals surface area (Å²) in [4.78, 5) is 3.64. The number of H-pyrrole nitrogens is 1. The van der Waals surface area contributed by atoms with Gasteiger partial charge in [0.05, 0.1) is 0 Å². The van der Waals surface area contributed by atoms with Crippen LogP contribution in [0.4, 0.5) is 0 Å². The van der Waals surface area contributed by atoms with Crippen LogP contribution >= 0.6 is 0 Å². The molecule has 0 atom stereocenters. The lowest BCUT2D eigenvalue weighted by Crippen LogP contribution is -1.87. The van der Waals surface area contributed by atoms with E-state index in [-0.39, 0.29) is 0 Å². The molecule has 41 heavy (non-hydrogen) atoms. The molecule has 214 valence electrons. The molecule has 5 rings (SSSR count). The zero-order valence-electron chi connectivity index (χ0n) is 25.5. The van der Waals surface area contributed by atoms with E-state index in [2.05, 4.69) is 104 Å². The molecule has 1 nitrogen and oxygen atoms in total. The van der Waals surface area contributed by atoms with E-state index in [4.69, 9.17) is 0 Å². The maximum absolute atomic E-state index is 3.64. The van der Waals surface area contributed by atoms with Gasteiger partial charge >= 0.3 is 0 Å². The highest BCUT2D eigenvalue weighted by atomic mass is 14.7. The van der Waals surface area contributed by atoms with Crippen LogP contribution < -0.4 is 0 Å². The Hall–Kier alpha value is -3.32. The van der Waals surface area contributed by atoms with Gasteiger partial charge in [0.15, 0.2) is 0 Å². The molecule has 0 bridgehead atoms. The Morgan fingerprint density at radius 1 is 0.390 bits per heavy atom. The molecule has 0 fully saturated rings. The summed E-state index contributed by atoms with van der Waals surface area (Å²) in [7, 11) is 0. The lowest BCUT2D eigenvalue weighted by atomic mass is 9.98. The maximum Gasteiger partial charge on any atom is 0.0465 e. The third kappa shape index (κ3) is 7.91. The second-order valence-electron chi connectivity index (χ2n) is 12.1. The Labute approximate surface area is 248 Å². The fraction of sp³-hybridized carbons (Fsp3) is 0.400. The van der Waals surface area contributed by atoms with Crippen LogP contribution in [-0.4, -0.2) is 4.98 Å². The first-order valence-electron chi connectivity index (χ1n) is 16.5. The number of aryl methyl sites for hydroxylation is 2. The van der Waals surface area contributed by atoms with Crippen molar-refractivity contribution in [1.82, 2.24) is 4.98 Å². The number of nitrogens with one attached hydrogen (secondary N) is 1. The van der Waals surface area contributed by atoms with Gasteiger partial charge in [-0.3, -0.25) is 0 Å². The molecule has 1 aromatic heterocycles. The van der Waals surface area contributed by atoms with E-state index in [1.54, 1.807) is 0 Å². The van der Waals surface area contributed by atoms with Crippen molar-refractivity contribution in [2.45, 2.75) is 104 Å². The van der Waals surface area contributed by atoms with Gasteiger partial charge in [-0.2, -0.15) is 0 Å². The molecule has 0 spiro atoms. The molecule has 0 aliphatic carbocycles. The molecule has 4 aromatic carbocycles. The van der Waals surface area contributed by atoms with Crippen molar-refractivity contribution in [3.05, 3.63) is 96.1 Å². The van der Waals surface area contributed by atoms with E-state index >= 15 is 0 Å². The Kier molecular flexibility index (Phi) is 10.7. The van der Waals surface area contributed by atoms with E-state index in [1.807, 2.05) is 0 Å². The third-order valence-electron chi connectivity index (χ3n) is 8.81. The van der Waals surface area contributed by atoms with Crippen LogP contribution in [-0.2, 0) is 12.8 Å². The van der Waals surface area contributed by atoms with Gasteiger partial charge in [0.2, 0.25) is 0 Å². The molecular weight excluding hydrogens is 494 g/mol. The number of hydrogen-bond donors (Lipinski definition) is 1. The summed E-state index contributed by atoms with van der Waals surface area (Å²) in [5.74, 6) is 0. The van der Waals surface area contributed by atoms with Crippen molar-refractivity contribution in [2.75, 3.05) is 0 Å². The summed E-state index contributed by atoms with van der Waals surface area (Å²) < 4.78 is 0. The van der Waals surface area contributed by atoms with Crippen molar-refractivity contribution in [3.63, 3.8) is 0 Å². The van der Waals surface area contributed by atoms with E-state index in [0.29, 0.717) is 0 Å². The minimum atomic E-state index is 1.19. The van der Waals surface area contributed by atoms with Crippen LogP contribution in [0.25, 0.3) is 44.1 Å². The van der Waals surface area contributed by atoms with Crippen LogP contribution in [0.3, 0.4) is 0 Å². The smallest absolute Gasteiger partial charge is 0.0465 e. The number of unbranched alkanes of at least 4 members (excludes halogenated alkanes) is 10. The van der Waals surface area contributed by atoms with E-state index in [0.717, 1.165) is 0 Å². The average Bonchev–Trinajstić information content (AvgIpc) is 3.38. The summed E-state index contributed by atoms with van der Waals surface area (Å²) in [6, 6.07) is 32.3. The quantitative estimate of drug-likeness (QED) is 0.119. The Balaban J connectivity index is 1.26. The fourth-order valence-corrected chi connectivity index (χ4v) is 6.20. The molecule has 0 unspecified atom stereocenters. The molecule has 5 aromatic rings. The van der Waals surface area contributed by atoms with Gasteiger partial charge in [0.25, 0.3) is 0 Å². The zero-order valence-corrected chi connectivity index (χ0v) is 25.5. The van der Waals surface area contributed by atoms with E-state index in [9.17, 15) is 0 Å². The molecule has 0 radical (unpaired) electrons. The second kappa shape index (κ2) is 15.1. The molecule has 1 heteroatoms. The number of aromatic nitrogens is 1. The summed E-state index contributed by atoms with van der Waals surface area (Å²) >= 11 is 0. The van der Waals surface area contributed by atoms with Crippen molar-refractivity contribution in [2.24, 2.45) is 0 Å². The summed E-state index contributed by atoms with van der Waals surface area (Å²) in [5.41, 5.74) is 10.5. The first-order chi connectivity index (χ1) is 20.2. The summed E-state index contributed by atoms with van der Waals surface area (Å²) in [6.07, 6.45) is 18.6. The highest BCUT2D eigenvalue weighted by molar-refractivity contribution is 6.09. The predicted molar refractivity (Wildman–Crippen MR) is 181 cm³/mol. The highest BCUT2D eigenvalue weighted by Crippen LogP contribution is 2.33. The fourth-order valence-electron chi connectivity index (χ4n) is 6.20. The monoisotopic (exact) mass is 543 g/mol. The Bertz CT molecular complexity index is 1370. The number of fused-ring (bicyclic) bond motifs is 3. The average molecular weight is 544 g/mol. The number of benzene rings is 4. The molecule has 0 aliphatic rings. The molecule has 0 aliphatic heterocycles. The maximum atomic E-state index is 3.64. The lowest BCUT2D eigenvalue weighted by molar-refractivity contribution is 0.607. The van der Waals surface area contributed by atoms with Gasteiger partial charge in [-0.1, -0.05) is 139 Å². The van der Waals surface area contributed by atoms with Crippen LogP contribution in [0.1, 0.15) is 102 Å². The summed E-state index contributed by atoms with van der Waals surface area (Å²) in [6.45, 7) is 4.57. The Morgan fingerprint density at radius 3 is 1.17 bits per heavy atom. The van der Waals surface area contributed by atoms with Gasteiger partial charge in [-0.15, -0.1) is 0 Å². The number of rotatable bonds is 16. The number of aromatic amines is 1. The Morgan fingerprint density at radius 2 is 0.756 bits per heavy atom. The third-order valence-corrected chi connectivity index (χ3v) is 8.81. The number of hydrogen-bond acceptors (Lipinski definition) is 0. The van der Waals surface area contributed by atoms with Gasteiger partial charge in [0.1, 0.15) is 0 Å². The molecule has 0 amide bonds. The largest absolute Gasteiger partial charge is 0.355 e. The standard InChI is InChI=1S/C40H49N/c1-3-5-7-9-11-13-15-31-17-21-33(22-18-31)35-25-27-39-37(29-35)38-30-36(26-28-40(38)41-39)34-23-19-32(20-24-34)16-14-12-10-8-6-4-2/h17-30,41H,3-16H2,1-2H3. The van der Waals surface area contributed by atoms with Gasteiger partial charge in [-0.05, 0) is 83.3 Å². The predicted octanol–water partition coefficient (Wildman–Crippen LogP) is 12.5. The van der Waals surface area contributed by atoms with Crippen LogP contribution in [0.15, 0.2) is 84.9 Å². The molecule has 0 saturated heterocycles. The summed E-state index contributed by atoms with van der Waals surface area (Å²) in [5, 5.41) is 2.60. The van der Waals surface area contributed by atoms with Crippen LogP contribution in [0.2, 0.25) is 0 Å². The van der Waals surface area contributed by atoms with Gasteiger partial charge in [0, 0.05) is 21.8 Å². The molecule has 0 saturated carbocycles. The van der Waals surface area contributed by atoms with Gasteiger partial charge < -0.3 is 4.98 Å². The lowest BCUT2D eigenvalue weighted by Gasteiger charge is -2.07. The highest BCUT2D eigenvalue weighted by Gasteiger charge is 2.09. The normalized spacial score (nSPS) is 11.6. The molecular formula is C40H49N. The van der Waals surface area contributed by atoms with Crippen molar-refractivity contribution in [1.29, 1.82) is 0 Å². The first-order valence-corrected chi connectivity index (χ1v) is 16.5. The van der Waals surface area contributed by atoms with Crippen molar-refractivity contribution < 1.29 is 0 Å². The minimum absolute atomic E-state index is 1.19. The molecule has 1 N–H and O–H groups in total. The zero-order chi connectivity index (χ0) is 28.3. The van der Waals surface area contributed by atoms with Gasteiger partial charge in [-0.25, -0.2) is 0 Å². The first kappa shape index (κ1) is 29.2. The van der Waals surface area contributed by atoms with Crippen molar-refractivity contribution in [3.8, 4) is 22.3 Å². The van der Waals surface area contributed by atoms with E-state index < -0.39 is 0 Å². The van der Waals surface area contributed by atoms with Crippen molar-refractivity contribution >= 4 is 21.8 Å². The van der Waals surface area contributed by atoms with Crippen LogP contribution in [0.5, 0.6) is 0 Å². The SMILES string of the molecule is CCCCCCCCc1ccc(-c2ccc3[nH]c4ccc(-c5ccc(CCCCCCCC)cc5)cc4c3c2)cc1. The van der Waals surface area contributed by atoms with E-state index in [1.165, 1.54) is 145 Å². The molecule has 1 heterocycles. The topological polar surface area (TPSA) is 15.8 Å². The second-order valence-corrected chi connectivity index (χ2v) is 12.1. The van der Waals surface area contributed by atoms with Crippen LogP contribution in [0, 0.1) is 0 Å².